The van der Waals surface area contributed by atoms with Gasteiger partial charge in [0.15, 0.2) is 5.82 Å². The number of anilines is 1. The summed E-state index contributed by atoms with van der Waals surface area (Å²) in [6.07, 6.45) is 1.54. The van der Waals surface area contributed by atoms with E-state index >= 15 is 0 Å². The van der Waals surface area contributed by atoms with Crippen molar-refractivity contribution in [3.63, 3.8) is 0 Å². The number of nitrogens with zero attached hydrogens (tertiary/aromatic N) is 3. The van der Waals surface area contributed by atoms with Crippen molar-refractivity contribution in [2.75, 3.05) is 18.0 Å². The van der Waals surface area contributed by atoms with Crippen LogP contribution in [0, 0.1) is 19.8 Å². The van der Waals surface area contributed by atoms with Crippen LogP contribution in [0.25, 0.3) is 11.3 Å². The molecule has 2 N–H and O–H groups in total. The Hall–Kier alpha value is -2.14. The topological polar surface area (TPSA) is 72.1 Å². The smallest absolute Gasteiger partial charge is 0.220 e. The molecular weight excluding hydrogens is 324 g/mol. The van der Waals surface area contributed by atoms with Crippen molar-refractivity contribution in [2.24, 2.45) is 11.7 Å². The summed E-state index contributed by atoms with van der Waals surface area (Å²) in [7, 11) is 0. The van der Waals surface area contributed by atoms with Crippen LogP contribution in [0.4, 0.5) is 5.82 Å². The molecule has 2 aromatic rings. The van der Waals surface area contributed by atoms with Gasteiger partial charge in [-0.3, -0.25) is 4.79 Å². The SMILES string of the molecule is Cc1c(-c2ccc(Cl)cc2)nnc(N2CCC(C(N)=O)CC2)c1C. The van der Waals surface area contributed by atoms with E-state index in [1.54, 1.807) is 0 Å². The molecule has 1 aliphatic rings. The molecule has 0 unspecified atom stereocenters. The standard InChI is InChI=1S/C18H21ClN4O/c1-11-12(2)18(23-9-7-14(8-10-23)17(20)24)22-21-16(11)13-3-5-15(19)6-4-13/h3-6,14H,7-10H2,1-2H3,(H2,20,24). The number of benzene rings is 1. The van der Waals surface area contributed by atoms with Gasteiger partial charge in [-0.2, -0.15) is 0 Å². The van der Waals surface area contributed by atoms with E-state index in [-0.39, 0.29) is 11.8 Å². The molecule has 24 heavy (non-hydrogen) atoms. The molecule has 1 aromatic carbocycles. The summed E-state index contributed by atoms with van der Waals surface area (Å²) in [5, 5.41) is 9.60. The number of halogens is 1. The van der Waals surface area contributed by atoms with Crippen molar-refractivity contribution < 1.29 is 4.79 Å². The zero-order valence-electron chi connectivity index (χ0n) is 13.9. The normalized spacial score (nSPS) is 15.5. The first-order chi connectivity index (χ1) is 11.5. The Kier molecular flexibility index (Phi) is 4.71. The fraction of sp³-hybridized carbons (Fsp3) is 0.389. The maximum atomic E-state index is 11.3. The summed E-state index contributed by atoms with van der Waals surface area (Å²) in [6, 6.07) is 7.62. The third-order valence-electron chi connectivity index (χ3n) is 4.81. The van der Waals surface area contributed by atoms with E-state index < -0.39 is 0 Å². The van der Waals surface area contributed by atoms with Gasteiger partial charge in [0.2, 0.25) is 5.91 Å². The highest BCUT2D eigenvalue weighted by Crippen LogP contribution is 2.30. The average Bonchev–Trinajstić information content (AvgIpc) is 2.58. The van der Waals surface area contributed by atoms with Crippen molar-refractivity contribution in [2.45, 2.75) is 26.7 Å². The number of hydrogen-bond acceptors (Lipinski definition) is 4. The fourth-order valence-corrected chi connectivity index (χ4v) is 3.28. The lowest BCUT2D eigenvalue weighted by atomic mass is 9.95. The van der Waals surface area contributed by atoms with Crippen LogP contribution in [0.15, 0.2) is 24.3 Å². The van der Waals surface area contributed by atoms with Gasteiger partial charge < -0.3 is 10.6 Å². The maximum Gasteiger partial charge on any atom is 0.220 e. The first-order valence-electron chi connectivity index (χ1n) is 8.11. The van der Waals surface area contributed by atoms with E-state index in [1.165, 1.54) is 0 Å². The summed E-state index contributed by atoms with van der Waals surface area (Å²) in [6.45, 7) is 5.69. The molecule has 6 heteroatoms. The predicted octanol–water partition coefficient (Wildman–Crippen LogP) is 3.12. The van der Waals surface area contributed by atoms with Gasteiger partial charge in [-0.15, -0.1) is 10.2 Å². The number of aromatic nitrogens is 2. The third-order valence-corrected chi connectivity index (χ3v) is 5.06. The van der Waals surface area contributed by atoms with E-state index in [0.717, 1.165) is 54.1 Å². The second kappa shape index (κ2) is 6.77. The molecule has 0 bridgehead atoms. The molecule has 1 aromatic heterocycles. The molecule has 1 aliphatic heterocycles. The minimum absolute atomic E-state index is 0.0241. The quantitative estimate of drug-likeness (QED) is 0.928. The number of carbonyl (C=O) groups excluding carboxylic acids is 1. The molecule has 1 fully saturated rings. The van der Waals surface area contributed by atoms with Crippen LogP contribution in [0.1, 0.15) is 24.0 Å². The number of rotatable bonds is 3. The van der Waals surface area contributed by atoms with Crippen molar-refractivity contribution in [1.82, 2.24) is 10.2 Å². The van der Waals surface area contributed by atoms with Crippen LogP contribution in [0.2, 0.25) is 5.02 Å². The number of nitrogens with two attached hydrogens (primary N) is 1. The van der Waals surface area contributed by atoms with Gasteiger partial charge in [0.25, 0.3) is 0 Å². The molecule has 0 atom stereocenters. The molecule has 0 radical (unpaired) electrons. The van der Waals surface area contributed by atoms with Crippen LogP contribution >= 0.6 is 11.6 Å². The Morgan fingerprint density at radius 3 is 2.33 bits per heavy atom. The highest BCUT2D eigenvalue weighted by Gasteiger charge is 2.25. The lowest BCUT2D eigenvalue weighted by Crippen LogP contribution is -2.39. The van der Waals surface area contributed by atoms with Crippen LogP contribution < -0.4 is 10.6 Å². The van der Waals surface area contributed by atoms with Crippen LogP contribution in [0.3, 0.4) is 0 Å². The molecule has 0 saturated carbocycles. The van der Waals surface area contributed by atoms with Gasteiger partial charge in [-0.1, -0.05) is 23.7 Å². The first-order valence-corrected chi connectivity index (χ1v) is 8.49. The number of amides is 1. The number of carbonyl (C=O) groups is 1. The first kappa shape index (κ1) is 16.7. The molecule has 3 rings (SSSR count). The van der Waals surface area contributed by atoms with Gasteiger partial charge in [-0.25, -0.2) is 0 Å². The Morgan fingerprint density at radius 2 is 1.75 bits per heavy atom. The summed E-state index contributed by atoms with van der Waals surface area (Å²) >= 11 is 5.96. The summed E-state index contributed by atoms with van der Waals surface area (Å²) in [5.41, 5.74) is 9.51. The van der Waals surface area contributed by atoms with Gasteiger partial charge in [0.05, 0.1) is 5.69 Å². The third kappa shape index (κ3) is 3.22. The van der Waals surface area contributed by atoms with Gasteiger partial charge >= 0.3 is 0 Å². The lowest BCUT2D eigenvalue weighted by molar-refractivity contribution is -0.122. The Balaban J connectivity index is 1.86. The molecule has 5 nitrogen and oxygen atoms in total. The van der Waals surface area contributed by atoms with E-state index in [0.29, 0.717) is 5.02 Å². The summed E-state index contributed by atoms with van der Waals surface area (Å²) in [5.74, 6) is 0.670. The zero-order chi connectivity index (χ0) is 17.3. The average molecular weight is 345 g/mol. The number of hydrogen-bond donors (Lipinski definition) is 1. The second-order valence-corrected chi connectivity index (χ2v) is 6.73. The van der Waals surface area contributed by atoms with Crippen molar-refractivity contribution >= 4 is 23.3 Å². The van der Waals surface area contributed by atoms with Gasteiger partial charge in [0, 0.05) is 29.6 Å². The van der Waals surface area contributed by atoms with Crippen molar-refractivity contribution in [1.29, 1.82) is 0 Å². The second-order valence-electron chi connectivity index (χ2n) is 6.29. The zero-order valence-corrected chi connectivity index (χ0v) is 14.7. The molecule has 0 aliphatic carbocycles. The van der Waals surface area contributed by atoms with Crippen LogP contribution in [0.5, 0.6) is 0 Å². The Bertz CT molecular complexity index is 752. The predicted molar refractivity (Wildman–Crippen MR) is 96.1 cm³/mol. The number of primary amides is 1. The van der Waals surface area contributed by atoms with E-state index in [2.05, 4.69) is 28.9 Å². The van der Waals surface area contributed by atoms with Gasteiger partial charge in [-0.05, 0) is 49.9 Å². The highest BCUT2D eigenvalue weighted by molar-refractivity contribution is 6.30. The number of piperidine rings is 1. The molecule has 126 valence electrons. The molecule has 2 heterocycles. The van der Waals surface area contributed by atoms with Crippen LogP contribution in [-0.4, -0.2) is 29.2 Å². The fourth-order valence-electron chi connectivity index (χ4n) is 3.15. The highest BCUT2D eigenvalue weighted by atomic mass is 35.5. The Labute approximate surface area is 146 Å². The largest absolute Gasteiger partial charge is 0.369 e. The van der Waals surface area contributed by atoms with E-state index in [9.17, 15) is 4.79 Å². The summed E-state index contributed by atoms with van der Waals surface area (Å²) in [4.78, 5) is 13.5. The molecule has 0 spiro atoms. The van der Waals surface area contributed by atoms with Crippen molar-refractivity contribution in [3.8, 4) is 11.3 Å². The van der Waals surface area contributed by atoms with E-state index in [1.807, 2.05) is 24.3 Å². The summed E-state index contributed by atoms with van der Waals surface area (Å²) < 4.78 is 0. The minimum atomic E-state index is -0.202. The van der Waals surface area contributed by atoms with Gasteiger partial charge in [0.1, 0.15) is 0 Å². The lowest BCUT2D eigenvalue weighted by Gasteiger charge is -2.32. The molecule has 1 amide bonds. The molecule has 1 saturated heterocycles. The molecular formula is C18H21ClN4O. The van der Waals surface area contributed by atoms with Crippen LogP contribution in [-0.2, 0) is 4.79 Å². The monoisotopic (exact) mass is 344 g/mol. The Morgan fingerprint density at radius 1 is 1.12 bits per heavy atom. The van der Waals surface area contributed by atoms with Crippen molar-refractivity contribution in [3.05, 3.63) is 40.4 Å². The minimum Gasteiger partial charge on any atom is -0.369 e. The van der Waals surface area contributed by atoms with E-state index in [4.69, 9.17) is 17.3 Å². The maximum absolute atomic E-state index is 11.3.